The zero-order chi connectivity index (χ0) is 35.6. The lowest BCUT2D eigenvalue weighted by atomic mass is 10.0. The number of likely N-dealkylation sites (N-methyl/N-ethyl adjacent to an activating group) is 1. The molecule has 0 unspecified atom stereocenters. The Balaban J connectivity index is 1.40. The van der Waals surface area contributed by atoms with Crippen LogP contribution in [0.4, 0.5) is 17.1 Å². The second-order valence-electron chi connectivity index (χ2n) is 12.6. The van der Waals surface area contributed by atoms with E-state index in [9.17, 15) is 27.9 Å². The first-order valence-corrected chi connectivity index (χ1v) is 18.0. The van der Waals surface area contributed by atoms with Gasteiger partial charge in [-0.05, 0) is 62.2 Å². The molecule has 1 aliphatic heterocycles. The maximum Gasteiger partial charge on any atom is 0.242 e. The SMILES string of the molecule is C[C@@H]1CN([C@@H](C)CO)C(=O)Cc2cc(NC(=O)CCCCCC(=O)Nc3ccccc3N)ccc2O[C@H]1CN(C)S(=O)(=O)c1ccccc1. The van der Waals surface area contributed by atoms with E-state index in [-0.39, 0.29) is 61.1 Å². The van der Waals surface area contributed by atoms with E-state index >= 15 is 0 Å². The number of carbonyl (C=O) groups is 3. The summed E-state index contributed by atoms with van der Waals surface area (Å²) in [6, 6.07) is 19.8. The number of hydrogen-bond acceptors (Lipinski definition) is 8. The number of nitrogen functional groups attached to an aromatic ring is 1. The van der Waals surface area contributed by atoms with Crippen LogP contribution < -0.4 is 21.1 Å². The van der Waals surface area contributed by atoms with Crippen LogP contribution in [-0.4, -0.2) is 79.3 Å². The normalized spacial score (nSPS) is 17.2. The first-order chi connectivity index (χ1) is 23.4. The first-order valence-electron chi connectivity index (χ1n) is 16.5. The Labute approximate surface area is 288 Å². The molecule has 1 aliphatic rings. The fourth-order valence-corrected chi connectivity index (χ4v) is 6.85. The van der Waals surface area contributed by atoms with E-state index in [1.807, 2.05) is 6.92 Å². The Hall–Kier alpha value is -4.46. The Kier molecular flexibility index (Phi) is 13.2. The van der Waals surface area contributed by atoms with Crippen LogP contribution in [0.3, 0.4) is 0 Å². The second-order valence-corrected chi connectivity index (χ2v) is 14.6. The summed E-state index contributed by atoms with van der Waals surface area (Å²) in [6.45, 7) is 3.69. The number of fused-ring (bicyclic) bond motifs is 1. The smallest absolute Gasteiger partial charge is 0.242 e. The number of rotatable bonds is 14. The maximum atomic E-state index is 13.5. The molecule has 3 amide bonds. The van der Waals surface area contributed by atoms with Crippen LogP contribution in [0.2, 0.25) is 0 Å². The molecule has 0 aliphatic carbocycles. The number of benzene rings is 3. The number of carbonyl (C=O) groups excluding carboxylic acids is 3. The van der Waals surface area contributed by atoms with Gasteiger partial charge in [0, 0.05) is 43.6 Å². The molecule has 0 radical (unpaired) electrons. The number of nitrogens with zero attached hydrogens (tertiary/aromatic N) is 2. The first kappa shape index (κ1) is 37.4. The number of amides is 3. The number of aliphatic hydroxyl groups is 1. The lowest BCUT2D eigenvalue weighted by Gasteiger charge is -2.33. The third-order valence-electron chi connectivity index (χ3n) is 8.63. The number of anilines is 3. The highest BCUT2D eigenvalue weighted by molar-refractivity contribution is 7.89. The summed E-state index contributed by atoms with van der Waals surface area (Å²) in [4.78, 5) is 40.4. The number of nitrogens with two attached hydrogens (primary N) is 1. The Bertz CT molecular complexity index is 1700. The molecule has 0 spiro atoms. The van der Waals surface area contributed by atoms with Crippen molar-refractivity contribution in [3.63, 3.8) is 0 Å². The van der Waals surface area contributed by atoms with Crippen LogP contribution in [-0.2, 0) is 30.8 Å². The van der Waals surface area contributed by atoms with Gasteiger partial charge in [0.15, 0.2) is 0 Å². The summed E-state index contributed by atoms with van der Waals surface area (Å²) in [6.07, 6.45) is 1.80. The number of aliphatic hydroxyl groups excluding tert-OH is 1. The van der Waals surface area contributed by atoms with Gasteiger partial charge in [-0.2, -0.15) is 4.31 Å². The lowest BCUT2D eigenvalue weighted by molar-refractivity contribution is -0.134. The molecule has 5 N–H and O–H groups in total. The molecular formula is C36H47N5O7S. The van der Waals surface area contributed by atoms with E-state index in [4.69, 9.17) is 10.5 Å². The van der Waals surface area contributed by atoms with Crippen molar-refractivity contribution in [3.8, 4) is 5.75 Å². The van der Waals surface area contributed by atoms with Gasteiger partial charge in [0.2, 0.25) is 27.7 Å². The highest BCUT2D eigenvalue weighted by Gasteiger charge is 2.33. The topological polar surface area (TPSA) is 171 Å². The highest BCUT2D eigenvalue weighted by atomic mass is 32.2. The Morgan fingerprint density at radius 2 is 1.65 bits per heavy atom. The Morgan fingerprint density at radius 3 is 2.33 bits per heavy atom. The van der Waals surface area contributed by atoms with Crippen molar-refractivity contribution in [1.29, 1.82) is 0 Å². The molecular weight excluding hydrogens is 646 g/mol. The van der Waals surface area contributed by atoms with E-state index in [0.29, 0.717) is 54.1 Å². The fourth-order valence-electron chi connectivity index (χ4n) is 5.64. The van der Waals surface area contributed by atoms with E-state index in [0.717, 1.165) is 0 Å². The summed E-state index contributed by atoms with van der Waals surface area (Å²) in [5.41, 5.74) is 7.99. The maximum absolute atomic E-state index is 13.5. The quantitative estimate of drug-likeness (QED) is 0.143. The summed E-state index contributed by atoms with van der Waals surface area (Å²) < 4.78 is 34.4. The van der Waals surface area contributed by atoms with Gasteiger partial charge in [-0.15, -0.1) is 0 Å². The average Bonchev–Trinajstić information content (AvgIpc) is 3.12. The van der Waals surface area contributed by atoms with Crippen molar-refractivity contribution in [2.24, 2.45) is 5.92 Å². The summed E-state index contributed by atoms with van der Waals surface area (Å²) >= 11 is 0. The molecule has 0 aromatic heterocycles. The van der Waals surface area contributed by atoms with Gasteiger partial charge in [-0.1, -0.05) is 43.7 Å². The van der Waals surface area contributed by atoms with E-state index < -0.39 is 22.2 Å². The van der Waals surface area contributed by atoms with Gasteiger partial charge in [-0.25, -0.2) is 8.42 Å². The zero-order valence-electron chi connectivity index (χ0n) is 28.3. The van der Waals surface area contributed by atoms with Crippen LogP contribution in [0, 0.1) is 5.92 Å². The van der Waals surface area contributed by atoms with Gasteiger partial charge in [0.1, 0.15) is 11.9 Å². The number of hydrogen-bond donors (Lipinski definition) is 4. The van der Waals surface area contributed by atoms with Crippen molar-refractivity contribution in [3.05, 3.63) is 78.4 Å². The van der Waals surface area contributed by atoms with Gasteiger partial charge >= 0.3 is 0 Å². The van der Waals surface area contributed by atoms with E-state index in [1.165, 1.54) is 23.5 Å². The van der Waals surface area contributed by atoms with Gasteiger partial charge in [0.05, 0.1) is 41.9 Å². The van der Waals surface area contributed by atoms with Crippen molar-refractivity contribution < 1.29 is 32.6 Å². The second kappa shape index (κ2) is 17.3. The van der Waals surface area contributed by atoms with Crippen LogP contribution in [0.5, 0.6) is 5.75 Å². The number of unbranched alkanes of at least 4 members (excludes halogenated alkanes) is 2. The summed E-state index contributed by atoms with van der Waals surface area (Å²) in [7, 11) is -2.30. The molecule has 3 aromatic rings. The zero-order valence-corrected chi connectivity index (χ0v) is 29.1. The molecule has 12 nitrogen and oxygen atoms in total. The molecule has 0 fully saturated rings. The standard InChI is InChI=1S/C36H47N5O7S/c1-25-22-41(26(2)24-42)36(45)21-27-20-28(38-34(43)16-8-5-9-17-35(44)39-31-15-11-10-14-30(31)37)18-19-32(27)48-33(25)23-40(3)49(46,47)29-12-6-4-7-13-29/h4,6-7,10-15,18-20,25-26,33,42H,5,8-9,16-17,21-24,37H2,1-3H3,(H,38,43)(H,39,44)/t25-,26+,33+/m1/s1. The molecule has 0 saturated heterocycles. The fraction of sp³-hybridized carbons (Fsp3) is 0.417. The molecule has 0 bridgehead atoms. The minimum absolute atomic E-state index is 0.0217. The number of nitrogens with one attached hydrogen (secondary N) is 2. The highest BCUT2D eigenvalue weighted by Crippen LogP contribution is 2.30. The number of para-hydroxylation sites is 2. The summed E-state index contributed by atoms with van der Waals surface area (Å²) in [5, 5.41) is 15.6. The van der Waals surface area contributed by atoms with Crippen LogP contribution in [0.25, 0.3) is 0 Å². The third-order valence-corrected chi connectivity index (χ3v) is 10.5. The van der Waals surface area contributed by atoms with Crippen LogP contribution in [0.1, 0.15) is 51.5 Å². The van der Waals surface area contributed by atoms with Crippen LogP contribution >= 0.6 is 0 Å². The van der Waals surface area contributed by atoms with Crippen LogP contribution in [0.15, 0.2) is 77.7 Å². The lowest BCUT2D eigenvalue weighted by Crippen LogP contribution is -2.48. The molecule has 13 heteroatoms. The van der Waals surface area contributed by atoms with Gasteiger partial charge in [-0.3, -0.25) is 14.4 Å². The monoisotopic (exact) mass is 693 g/mol. The van der Waals surface area contributed by atoms with Crippen molar-refractivity contribution in [1.82, 2.24) is 9.21 Å². The molecule has 3 atom stereocenters. The third kappa shape index (κ3) is 10.3. The molecule has 4 rings (SSSR count). The van der Waals surface area contributed by atoms with E-state index in [2.05, 4.69) is 10.6 Å². The van der Waals surface area contributed by atoms with Crippen molar-refractivity contribution in [2.75, 3.05) is 43.1 Å². The molecule has 3 aromatic carbocycles. The summed E-state index contributed by atoms with van der Waals surface area (Å²) in [5.74, 6) is -0.427. The predicted molar refractivity (Wildman–Crippen MR) is 189 cm³/mol. The number of sulfonamides is 1. The van der Waals surface area contributed by atoms with Crippen molar-refractivity contribution >= 4 is 44.8 Å². The largest absolute Gasteiger partial charge is 0.488 e. The molecule has 1 heterocycles. The van der Waals surface area contributed by atoms with Gasteiger partial charge in [0.25, 0.3) is 0 Å². The minimum atomic E-state index is -3.80. The van der Waals surface area contributed by atoms with E-state index in [1.54, 1.807) is 72.5 Å². The Morgan fingerprint density at radius 1 is 1.00 bits per heavy atom. The number of ether oxygens (including phenoxy) is 1. The van der Waals surface area contributed by atoms with Crippen molar-refractivity contribution in [2.45, 2.75) is 69.4 Å². The minimum Gasteiger partial charge on any atom is -0.488 e. The predicted octanol–water partition coefficient (Wildman–Crippen LogP) is 4.27. The molecule has 264 valence electrons. The van der Waals surface area contributed by atoms with Gasteiger partial charge < -0.3 is 31.1 Å². The molecule has 49 heavy (non-hydrogen) atoms. The average molecular weight is 694 g/mol. The molecule has 0 saturated carbocycles.